The lowest BCUT2D eigenvalue weighted by molar-refractivity contribution is 0.0528. The van der Waals surface area contributed by atoms with E-state index in [1.165, 1.54) is 0 Å². The molecule has 0 aromatic carbocycles. The first-order valence-corrected chi connectivity index (χ1v) is 6.77. The Hall–Kier alpha value is -2.63. The highest BCUT2D eigenvalue weighted by Crippen LogP contribution is 2.30. The van der Waals surface area contributed by atoms with E-state index in [9.17, 15) is 4.79 Å². The van der Waals surface area contributed by atoms with E-state index < -0.39 is 0 Å². The first kappa shape index (κ1) is 13.4. The number of hydrogen-bond acceptors (Lipinski definition) is 4. The summed E-state index contributed by atoms with van der Waals surface area (Å²) in [6.07, 6.45) is 3.42. The average molecular weight is 284 g/mol. The first-order chi connectivity index (χ1) is 10.1. The second kappa shape index (κ2) is 5.05. The van der Waals surface area contributed by atoms with E-state index in [-0.39, 0.29) is 5.97 Å². The monoisotopic (exact) mass is 284 g/mol. The highest BCUT2D eigenvalue weighted by Gasteiger charge is 2.24. The number of aryl methyl sites for hydroxylation is 1. The molecule has 108 valence electrons. The zero-order valence-electron chi connectivity index (χ0n) is 12.2. The lowest BCUT2D eigenvalue weighted by atomic mass is 10.1. The van der Waals surface area contributed by atoms with Crippen LogP contribution >= 0.6 is 0 Å². The Kier molecular flexibility index (Phi) is 3.21. The van der Waals surface area contributed by atoms with Crippen molar-refractivity contribution in [1.82, 2.24) is 19.4 Å². The minimum atomic E-state index is -0.325. The number of nitrogens with zero attached hydrogens (tertiary/aromatic N) is 4. The third-order valence-electron chi connectivity index (χ3n) is 3.49. The molecule has 0 spiro atoms. The fourth-order valence-electron chi connectivity index (χ4n) is 2.58. The summed E-state index contributed by atoms with van der Waals surface area (Å²) < 4.78 is 8.70. The van der Waals surface area contributed by atoms with Gasteiger partial charge in [0.1, 0.15) is 0 Å². The molecular formula is C15H16N4O2. The van der Waals surface area contributed by atoms with Gasteiger partial charge in [-0.15, -0.1) is 0 Å². The minimum Gasteiger partial charge on any atom is -0.462 e. The molecule has 3 rings (SSSR count). The Morgan fingerprint density at radius 3 is 2.76 bits per heavy atom. The zero-order valence-corrected chi connectivity index (χ0v) is 12.2. The summed E-state index contributed by atoms with van der Waals surface area (Å²) >= 11 is 0. The molecule has 3 aromatic heterocycles. The van der Waals surface area contributed by atoms with Crippen LogP contribution in [0.25, 0.3) is 16.9 Å². The fraction of sp³-hybridized carbons (Fsp3) is 0.267. The van der Waals surface area contributed by atoms with Crippen molar-refractivity contribution in [3.63, 3.8) is 0 Å². The normalized spacial score (nSPS) is 11.0. The smallest absolute Gasteiger partial charge is 0.340 e. The molecule has 0 aliphatic carbocycles. The van der Waals surface area contributed by atoms with Crippen LogP contribution in [0.15, 0.2) is 30.6 Å². The molecule has 6 heteroatoms. The Morgan fingerprint density at radius 1 is 1.29 bits per heavy atom. The number of fused-ring (bicyclic) bond motifs is 1. The van der Waals surface area contributed by atoms with Crippen LogP contribution in [0.1, 0.15) is 22.8 Å². The summed E-state index contributed by atoms with van der Waals surface area (Å²) in [7, 11) is 1.86. The van der Waals surface area contributed by atoms with Crippen LogP contribution in [0.3, 0.4) is 0 Å². The van der Waals surface area contributed by atoms with Gasteiger partial charge >= 0.3 is 5.97 Å². The maximum absolute atomic E-state index is 12.3. The third kappa shape index (κ3) is 1.99. The van der Waals surface area contributed by atoms with Gasteiger partial charge in [-0.2, -0.15) is 10.2 Å². The SMILES string of the molecule is CCOC(=O)c1c(C)c(-c2ccnn2C)n2ncccc12. The Balaban J connectivity index is 2.34. The second-order valence-corrected chi connectivity index (χ2v) is 4.73. The van der Waals surface area contributed by atoms with Gasteiger partial charge in [0.25, 0.3) is 0 Å². The predicted molar refractivity (Wildman–Crippen MR) is 78.1 cm³/mol. The third-order valence-corrected chi connectivity index (χ3v) is 3.49. The molecule has 0 bridgehead atoms. The molecule has 0 aliphatic heterocycles. The maximum Gasteiger partial charge on any atom is 0.340 e. The van der Waals surface area contributed by atoms with Crippen molar-refractivity contribution >= 4 is 11.5 Å². The van der Waals surface area contributed by atoms with Crippen molar-refractivity contribution in [2.24, 2.45) is 7.05 Å². The van der Waals surface area contributed by atoms with Crippen molar-refractivity contribution in [3.05, 3.63) is 41.7 Å². The molecule has 0 aliphatic rings. The van der Waals surface area contributed by atoms with Gasteiger partial charge in [0, 0.05) is 19.4 Å². The van der Waals surface area contributed by atoms with Crippen molar-refractivity contribution in [1.29, 1.82) is 0 Å². The number of rotatable bonds is 3. The standard InChI is InChI=1S/C15H16N4O2/c1-4-21-15(20)13-10(2)14(12-7-9-16-18(12)3)19-11(13)6-5-8-17-19/h5-9H,4H2,1-3H3. The van der Waals surface area contributed by atoms with Gasteiger partial charge in [0.2, 0.25) is 0 Å². The van der Waals surface area contributed by atoms with Gasteiger partial charge in [0.05, 0.1) is 29.1 Å². The largest absolute Gasteiger partial charge is 0.462 e. The number of carbonyl (C=O) groups excluding carboxylic acids is 1. The van der Waals surface area contributed by atoms with E-state index in [4.69, 9.17) is 4.74 Å². The zero-order chi connectivity index (χ0) is 15.0. The number of carbonyl (C=O) groups is 1. The molecule has 21 heavy (non-hydrogen) atoms. The summed E-state index contributed by atoms with van der Waals surface area (Å²) in [5.74, 6) is -0.325. The van der Waals surface area contributed by atoms with E-state index in [0.29, 0.717) is 12.2 Å². The molecule has 0 saturated carbocycles. The Bertz CT molecular complexity index is 816. The summed E-state index contributed by atoms with van der Waals surface area (Å²) in [5.41, 5.74) is 3.90. The van der Waals surface area contributed by atoms with Crippen LogP contribution in [0, 0.1) is 6.92 Å². The van der Waals surface area contributed by atoms with E-state index >= 15 is 0 Å². The van der Waals surface area contributed by atoms with Crippen molar-refractivity contribution in [2.75, 3.05) is 6.61 Å². The summed E-state index contributed by atoms with van der Waals surface area (Å²) in [6.45, 7) is 4.05. The van der Waals surface area contributed by atoms with Gasteiger partial charge in [-0.05, 0) is 37.6 Å². The van der Waals surface area contributed by atoms with Crippen LogP contribution < -0.4 is 0 Å². The number of esters is 1. The molecule has 0 atom stereocenters. The molecule has 0 amide bonds. The van der Waals surface area contributed by atoms with Crippen LogP contribution in [0.4, 0.5) is 0 Å². The van der Waals surface area contributed by atoms with Gasteiger partial charge < -0.3 is 4.74 Å². The van der Waals surface area contributed by atoms with Crippen LogP contribution in [0.5, 0.6) is 0 Å². The van der Waals surface area contributed by atoms with Crippen LogP contribution in [0.2, 0.25) is 0 Å². The number of ether oxygens (including phenoxy) is 1. The topological polar surface area (TPSA) is 61.4 Å². The summed E-state index contributed by atoms with van der Waals surface area (Å²) in [5, 5.41) is 8.56. The maximum atomic E-state index is 12.3. The number of hydrogen-bond donors (Lipinski definition) is 0. The molecule has 0 fully saturated rings. The second-order valence-electron chi connectivity index (χ2n) is 4.73. The van der Waals surface area contributed by atoms with E-state index in [0.717, 1.165) is 22.5 Å². The molecule has 3 aromatic rings. The molecule has 0 unspecified atom stereocenters. The van der Waals surface area contributed by atoms with Gasteiger partial charge in [-0.1, -0.05) is 0 Å². The van der Waals surface area contributed by atoms with E-state index in [1.54, 1.807) is 28.5 Å². The van der Waals surface area contributed by atoms with Crippen LogP contribution in [-0.4, -0.2) is 32.0 Å². The summed E-state index contributed by atoms with van der Waals surface area (Å²) in [6, 6.07) is 5.58. The lowest BCUT2D eigenvalue weighted by Crippen LogP contribution is -2.05. The number of aromatic nitrogens is 4. The highest BCUT2D eigenvalue weighted by atomic mass is 16.5. The summed E-state index contributed by atoms with van der Waals surface area (Å²) in [4.78, 5) is 12.3. The van der Waals surface area contributed by atoms with Crippen molar-refractivity contribution < 1.29 is 9.53 Å². The van der Waals surface area contributed by atoms with Gasteiger partial charge in [-0.3, -0.25) is 4.68 Å². The van der Waals surface area contributed by atoms with Crippen molar-refractivity contribution in [3.8, 4) is 11.4 Å². The minimum absolute atomic E-state index is 0.325. The van der Waals surface area contributed by atoms with E-state index in [2.05, 4.69) is 10.2 Å². The van der Waals surface area contributed by atoms with E-state index in [1.807, 2.05) is 32.2 Å². The van der Waals surface area contributed by atoms with Crippen LogP contribution in [-0.2, 0) is 11.8 Å². The quantitative estimate of drug-likeness (QED) is 0.692. The predicted octanol–water partition coefficient (Wildman–Crippen LogP) is 2.22. The molecule has 0 N–H and O–H groups in total. The molecular weight excluding hydrogens is 268 g/mol. The van der Waals surface area contributed by atoms with Crippen molar-refractivity contribution in [2.45, 2.75) is 13.8 Å². The molecule has 0 saturated heterocycles. The highest BCUT2D eigenvalue weighted by molar-refractivity contribution is 6.01. The Labute approximate surface area is 122 Å². The Morgan fingerprint density at radius 2 is 2.10 bits per heavy atom. The van der Waals surface area contributed by atoms with Gasteiger partial charge in [-0.25, -0.2) is 9.31 Å². The molecule has 0 radical (unpaired) electrons. The lowest BCUT2D eigenvalue weighted by Gasteiger charge is -2.03. The average Bonchev–Trinajstić information content (AvgIpc) is 2.99. The first-order valence-electron chi connectivity index (χ1n) is 6.77. The molecule has 6 nitrogen and oxygen atoms in total. The fourth-order valence-corrected chi connectivity index (χ4v) is 2.58. The van der Waals surface area contributed by atoms with Gasteiger partial charge in [0.15, 0.2) is 0 Å². The molecule has 3 heterocycles.